The lowest BCUT2D eigenvalue weighted by atomic mass is 10.1. The van der Waals surface area contributed by atoms with Crippen molar-refractivity contribution in [3.05, 3.63) is 35.9 Å². The number of hydrazone groups is 1. The number of rotatable bonds is 2. The third-order valence-electron chi connectivity index (χ3n) is 1.96. The third kappa shape index (κ3) is 1.80. The minimum Gasteiger partial charge on any atom is -0.344 e. The highest BCUT2D eigenvalue weighted by Crippen LogP contribution is 2.05. The average Bonchev–Trinajstić information content (AvgIpc) is 2.30. The summed E-state index contributed by atoms with van der Waals surface area (Å²) in [7, 11) is 0. The van der Waals surface area contributed by atoms with E-state index < -0.39 is 6.23 Å². The van der Waals surface area contributed by atoms with E-state index in [1.807, 2.05) is 30.3 Å². The molecule has 1 heterocycles. The molecule has 0 aromatic heterocycles. The van der Waals surface area contributed by atoms with Gasteiger partial charge in [-0.05, 0) is 0 Å². The zero-order valence-electron chi connectivity index (χ0n) is 7.51. The average molecular weight is 190 g/mol. The molecule has 0 saturated carbocycles. The Labute approximate surface area is 81.6 Å². The Hall–Kier alpha value is -1.68. The molecule has 4 heteroatoms. The topological polar surface area (TPSA) is 50.7 Å². The van der Waals surface area contributed by atoms with Crippen LogP contribution in [0.4, 0.5) is 0 Å². The van der Waals surface area contributed by atoms with E-state index in [0.717, 1.165) is 11.3 Å². The highest BCUT2D eigenvalue weighted by molar-refractivity contribution is 6.01. The molecule has 0 amide bonds. The van der Waals surface area contributed by atoms with Crippen molar-refractivity contribution in [1.29, 1.82) is 0 Å². The van der Waals surface area contributed by atoms with Gasteiger partial charge >= 0.3 is 0 Å². The fourth-order valence-corrected chi connectivity index (χ4v) is 1.23. The molecular weight excluding hydrogens is 180 g/mol. The van der Waals surface area contributed by atoms with E-state index in [1.54, 1.807) is 0 Å². The molecule has 4 nitrogen and oxygen atoms in total. The Morgan fingerprint density at radius 3 is 2.79 bits per heavy atom. The Morgan fingerprint density at radius 2 is 2.21 bits per heavy atom. The van der Waals surface area contributed by atoms with Crippen LogP contribution in [0.5, 0.6) is 0 Å². The van der Waals surface area contributed by atoms with Gasteiger partial charge in [-0.3, -0.25) is 10.2 Å². The van der Waals surface area contributed by atoms with Crippen LogP contribution in [-0.2, 0) is 9.53 Å². The second-order valence-corrected chi connectivity index (χ2v) is 2.92. The molecule has 0 fully saturated rings. The molecule has 72 valence electrons. The van der Waals surface area contributed by atoms with Crippen LogP contribution in [0, 0.1) is 0 Å². The number of carbonyl (C=O) groups is 1. The molecule has 1 aliphatic heterocycles. The molecule has 1 aromatic carbocycles. The number of nitrogens with one attached hydrogen (secondary N) is 1. The quantitative estimate of drug-likeness (QED) is 0.692. The number of hydrogen-bond acceptors (Lipinski definition) is 4. The van der Waals surface area contributed by atoms with Crippen LogP contribution in [0.2, 0.25) is 0 Å². The van der Waals surface area contributed by atoms with E-state index in [1.165, 1.54) is 0 Å². The summed E-state index contributed by atoms with van der Waals surface area (Å²) in [6.07, 6.45) is 0.0770. The predicted molar refractivity (Wildman–Crippen MR) is 51.9 cm³/mol. The van der Waals surface area contributed by atoms with Crippen molar-refractivity contribution in [3.8, 4) is 0 Å². The first-order valence-electron chi connectivity index (χ1n) is 4.34. The minimum absolute atomic E-state index is 0.362. The van der Waals surface area contributed by atoms with E-state index in [9.17, 15) is 4.79 Å². The number of nitrogens with zero attached hydrogens (tertiary/aromatic N) is 1. The summed E-state index contributed by atoms with van der Waals surface area (Å²) in [5, 5.41) is 4.06. The van der Waals surface area contributed by atoms with Crippen molar-refractivity contribution in [2.45, 2.75) is 6.23 Å². The van der Waals surface area contributed by atoms with Gasteiger partial charge in [0.1, 0.15) is 0 Å². The molecule has 1 aromatic rings. The normalized spacial score (nSPS) is 20.9. The first-order valence-corrected chi connectivity index (χ1v) is 4.34. The largest absolute Gasteiger partial charge is 0.344 e. The molecule has 0 bridgehead atoms. The van der Waals surface area contributed by atoms with Crippen molar-refractivity contribution in [3.63, 3.8) is 0 Å². The van der Waals surface area contributed by atoms with E-state index >= 15 is 0 Å². The van der Waals surface area contributed by atoms with Crippen LogP contribution in [0.1, 0.15) is 5.56 Å². The molecule has 0 radical (unpaired) electrons. The highest BCUT2D eigenvalue weighted by atomic mass is 16.5. The van der Waals surface area contributed by atoms with Gasteiger partial charge in [-0.1, -0.05) is 30.3 Å². The summed E-state index contributed by atoms with van der Waals surface area (Å²) in [6, 6.07) is 9.71. The van der Waals surface area contributed by atoms with Crippen LogP contribution >= 0.6 is 0 Å². The summed E-state index contributed by atoms with van der Waals surface area (Å²) in [6.45, 7) is 0.362. The van der Waals surface area contributed by atoms with E-state index in [4.69, 9.17) is 4.74 Å². The maximum atomic E-state index is 10.3. The highest BCUT2D eigenvalue weighted by Gasteiger charge is 2.14. The number of aldehydes is 1. The molecule has 1 aliphatic rings. The van der Waals surface area contributed by atoms with Gasteiger partial charge in [0.25, 0.3) is 0 Å². The standard InChI is InChI=1S/C10H10N2O2/c13-6-10-12-11-9(7-14-10)8-4-2-1-3-5-8/h1-6,10,12H,7H2. The molecule has 14 heavy (non-hydrogen) atoms. The van der Waals surface area contributed by atoms with Crippen molar-refractivity contribution in [2.75, 3.05) is 6.61 Å². The van der Waals surface area contributed by atoms with Crippen LogP contribution in [0.3, 0.4) is 0 Å². The summed E-state index contributed by atoms with van der Waals surface area (Å²) >= 11 is 0. The lowest BCUT2D eigenvalue weighted by molar-refractivity contribution is -0.119. The van der Waals surface area contributed by atoms with Gasteiger partial charge in [0.15, 0.2) is 12.5 Å². The van der Waals surface area contributed by atoms with Gasteiger partial charge < -0.3 is 4.74 Å². The lowest BCUT2D eigenvalue weighted by Crippen LogP contribution is -2.37. The van der Waals surface area contributed by atoms with Crippen molar-refractivity contribution >= 4 is 12.0 Å². The number of benzene rings is 1. The molecule has 0 aliphatic carbocycles. The SMILES string of the molecule is O=CC1NN=C(c2ccccc2)CO1. The van der Waals surface area contributed by atoms with Gasteiger partial charge in [-0.2, -0.15) is 5.10 Å². The minimum atomic E-state index is -0.609. The Kier molecular flexibility index (Phi) is 2.55. The Bertz CT molecular complexity index is 348. The van der Waals surface area contributed by atoms with Crippen LogP contribution in [0.15, 0.2) is 35.4 Å². The van der Waals surface area contributed by atoms with Crippen LogP contribution < -0.4 is 5.43 Å². The molecule has 0 saturated heterocycles. The number of carbonyl (C=O) groups excluding carboxylic acids is 1. The molecule has 1 N–H and O–H groups in total. The van der Waals surface area contributed by atoms with Crippen LogP contribution in [0.25, 0.3) is 0 Å². The molecule has 0 spiro atoms. The Morgan fingerprint density at radius 1 is 1.43 bits per heavy atom. The zero-order valence-corrected chi connectivity index (χ0v) is 7.51. The zero-order chi connectivity index (χ0) is 9.80. The van der Waals surface area contributed by atoms with Crippen LogP contribution in [-0.4, -0.2) is 24.8 Å². The monoisotopic (exact) mass is 190 g/mol. The van der Waals surface area contributed by atoms with Crippen molar-refractivity contribution in [1.82, 2.24) is 5.43 Å². The van der Waals surface area contributed by atoms with Crippen molar-refractivity contribution in [2.24, 2.45) is 5.10 Å². The summed E-state index contributed by atoms with van der Waals surface area (Å²) in [5.74, 6) is 0. The lowest BCUT2D eigenvalue weighted by Gasteiger charge is -2.18. The first kappa shape index (κ1) is 8.90. The summed E-state index contributed by atoms with van der Waals surface area (Å²) < 4.78 is 5.18. The summed E-state index contributed by atoms with van der Waals surface area (Å²) in [4.78, 5) is 10.3. The fourth-order valence-electron chi connectivity index (χ4n) is 1.23. The van der Waals surface area contributed by atoms with Gasteiger partial charge in [0, 0.05) is 5.56 Å². The maximum absolute atomic E-state index is 10.3. The van der Waals surface area contributed by atoms with Crippen molar-refractivity contribution < 1.29 is 9.53 Å². The van der Waals surface area contributed by atoms with E-state index in [2.05, 4.69) is 10.5 Å². The van der Waals surface area contributed by atoms with Gasteiger partial charge in [0.05, 0.1) is 12.3 Å². The second-order valence-electron chi connectivity index (χ2n) is 2.92. The van der Waals surface area contributed by atoms with E-state index in [-0.39, 0.29) is 0 Å². The van der Waals surface area contributed by atoms with Gasteiger partial charge in [0.2, 0.25) is 0 Å². The Balaban J connectivity index is 2.14. The fraction of sp³-hybridized carbons (Fsp3) is 0.200. The molecule has 2 rings (SSSR count). The number of hydrogen-bond donors (Lipinski definition) is 1. The van der Waals surface area contributed by atoms with Gasteiger partial charge in [-0.25, -0.2) is 0 Å². The maximum Gasteiger partial charge on any atom is 0.199 e. The van der Waals surface area contributed by atoms with Gasteiger partial charge in [-0.15, -0.1) is 0 Å². The molecule has 1 atom stereocenters. The smallest absolute Gasteiger partial charge is 0.199 e. The second kappa shape index (κ2) is 4.02. The first-order chi connectivity index (χ1) is 6.90. The molecular formula is C10H10N2O2. The molecule has 1 unspecified atom stereocenters. The third-order valence-corrected chi connectivity index (χ3v) is 1.96. The summed E-state index contributed by atoms with van der Waals surface area (Å²) in [5.41, 5.74) is 4.43. The van der Waals surface area contributed by atoms with E-state index in [0.29, 0.717) is 12.9 Å². The predicted octanol–water partition coefficient (Wildman–Crippen LogP) is 0.535. The number of ether oxygens (including phenoxy) is 1.